The third-order valence-corrected chi connectivity index (χ3v) is 6.71. The SMILES string of the molecule is Cc1ccc(S(=O)(=O)N2CCC(C(=O)NCc3ccccc3)CC2)cc1. The average molecular weight is 372 g/mol. The van der Waals surface area contributed by atoms with Gasteiger partial charge in [0.15, 0.2) is 0 Å². The number of nitrogens with zero attached hydrogens (tertiary/aromatic N) is 1. The number of piperidine rings is 1. The van der Waals surface area contributed by atoms with Crippen molar-refractivity contribution >= 4 is 15.9 Å². The first-order valence-corrected chi connectivity index (χ1v) is 10.3. The van der Waals surface area contributed by atoms with Gasteiger partial charge in [-0.3, -0.25) is 4.79 Å². The molecule has 1 heterocycles. The second-order valence-electron chi connectivity index (χ2n) is 6.69. The Balaban J connectivity index is 1.55. The standard InChI is InChI=1S/C20H24N2O3S/c1-16-7-9-19(10-8-16)26(24,25)22-13-11-18(12-14-22)20(23)21-15-17-5-3-2-4-6-17/h2-10,18H,11-15H2,1H3,(H,21,23). The molecule has 26 heavy (non-hydrogen) atoms. The molecule has 2 aromatic carbocycles. The molecule has 1 amide bonds. The molecule has 0 aromatic heterocycles. The molecule has 2 aromatic rings. The van der Waals surface area contributed by atoms with E-state index >= 15 is 0 Å². The average Bonchev–Trinajstić information content (AvgIpc) is 2.67. The molecule has 1 N–H and O–H groups in total. The minimum absolute atomic E-state index is 0.00115. The molecule has 3 rings (SSSR count). The molecule has 0 radical (unpaired) electrons. The Bertz CT molecular complexity index is 840. The predicted octanol–water partition coefficient (Wildman–Crippen LogP) is 2.71. The van der Waals surface area contributed by atoms with Crippen molar-refractivity contribution in [3.63, 3.8) is 0 Å². The lowest BCUT2D eigenvalue weighted by atomic mass is 9.97. The highest BCUT2D eigenvalue weighted by molar-refractivity contribution is 7.89. The molecule has 1 aliphatic rings. The molecule has 0 spiro atoms. The van der Waals surface area contributed by atoms with Crippen LogP contribution in [-0.2, 0) is 21.4 Å². The summed E-state index contributed by atoms with van der Waals surface area (Å²) >= 11 is 0. The Morgan fingerprint density at radius 2 is 1.65 bits per heavy atom. The zero-order valence-electron chi connectivity index (χ0n) is 14.9. The third-order valence-electron chi connectivity index (χ3n) is 4.79. The smallest absolute Gasteiger partial charge is 0.243 e. The summed E-state index contributed by atoms with van der Waals surface area (Å²) in [6.07, 6.45) is 1.09. The van der Waals surface area contributed by atoms with E-state index in [9.17, 15) is 13.2 Å². The van der Waals surface area contributed by atoms with E-state index in [0.717, 1.165) is 11.1 Å². The minimum atomic E-state index is -3.48. The van der Waals surface area contributed by atoms with Crippen LogP contribution in [0.15, 0.2) is 59.5 Å². The van der Waals surface area contributed by atoms with E-state index < -0.39 is 10.0 Å². The summed E-state index contributed by atoms with van der Waals surface area (Å²) in [6, 6.07) is 16.6. The Kier molecular flexibility index (Phi) is 5.74. The summed E-state index contributed by atoms with van der Waals surface area (Å²) in [4.78, 5) is 12.7. The van der Waals surface area contributed by atoms with Gasteiger partial charge in [-0.05, 0) is 37.5 Å². The fourth-order valence-corrected chi connectivity index (χ4v) is 4.62. The van der Waals surface area contributed by atoms with Crippen LogP contribution in [0.4, 0.5) is 0 Å². The van der Waals surface area contributed by atoms with E-state index in [1.807, 2.05) is 37.3 Å². The van der Waals surface area contributed by atoms with Gasteiger partial charge >= 0.3 is 0 Å². The van der Waals surface area contributed by atoms with Crippen molar-refractivity contribution in [1.82, 2.24) is 9.62 Å². The van der Waals surface area contributed by atoms with Crippen molar-refractivity contribution < 1.29 is 13.2 Å². The number of hydrogen-bond donors (Lipinski definition) is 1. The largest absolute Gasteiger partial charge is 0.352 e. The summed E-state index contributed by atoms with van der Waals surface area (Å²) in [5.74, 6) is -0.135. The lowest BCUT2D eigenvalue weighted by Crippen LogP contribution is -2.42. The van der Waals surface area contributed by atoms with Gasteiger partial charge in [0.05, 0.1) is 4.90 Å². The Morgan fingerprint density at radius 1 is 1.04 bits per heavy atom. The van der Waals surface area contributed by atoms with Crippen molar-refractivity contribution in [3.05, 3.63) is 65.7 Å². The van der Waals surface area contributed by atoms with Crippen LogP contribution in [0.5, 0.6) is 0 Å². The highest BCUT2D eigenvalue weighted by atomic mass is 32.2. The fourth-order valence-electron chi connectivity index (χ4n) is 3.15. The first-order chi connectivity index (χ1) is 12.5. The second-order valence-corrected chi connectivity index (χ2v) is 8.63. The molecule has 138 valence electrons. The molecule has 0 atom stereocenters. The molecule has 0 unspecified atom stereocenters. The van der Waals surface area contributed by atoms with Crippen molar-refractivity contribution in [3.8, 4) is 0 Å². The molecule has 1 saturated heterocycles. The van der Waals surface area contributed by atoms with Crippen molar-refractivity contribution in [2.45, 2.75) is 31.2 Å². The monoisotopic (exact) mass is 372 g/mol. The molecule has 0 bridgehead atoms. The maximum atomic E-state index is 12.7. The normalized spacial score (nSPS) is 16.3. The zero-order chi connectivity index (χ0) is 18.6. The van der Waals surface area contributed by atoms with E-state index in [1.54, 1.807) is 24.3 Å². The van der Waals surface area contributed by atoms with Crippen molar-refractivity contribution in [2.75, 3.05) is 13.1 Å². The highest BCUT2D eigenvalue weighted by Crippen LogP contribution is 2.24. The molecule has 5 nitrogen and oxygen atoms in total. The molecule has 6 heteroatoms. The number of hydrogen-bond acceptors (Lipinski definition) is 3. The highest BCUT2D eigenvalue weighted by Gasteiger charge is 2.31. The van der Waals surface area contributed by atoms with E-state index in [2.05, 4.69) is 5.32 Å². The third kappa shape index (κ3) is 4.31. The van der Waals surface area contributed by atoms with E-state index in [1.165, 1.54) is 4.31 Å². The summed E-state index contributed by atoms with van der Waals surface area (Å²) in [5.41, 5.74) is 2.08. The molecule has 0 aliphatic carbocycles. The van der Waals surface area contributed by atoms with Gasteiger partial charge in [0, 0.05) is 25.6 Å². The summed E-state index contributed by atoms with van der Waals surface area (Å²) in [5, 5.41) is 2.95. The number of aryl methyl sites for hydroxylation is 1. The number of rotatable bonds is 5. The molecule has 0 saturated carbocycles. The van der Waals surface area contributed by atoms with E-state index in [0.29, 0.717) is 37.4 Å². The lowest BCUT2D eigenvalue weighted by molar-refractivity contribution is -0.126. The van der Waals surface area contributed by atoms with E-state index in [-0.39, 0.29) is 11.8 Å². The van der Waals surface area contributed by atoms with Gasteiger partial charge in [-0.1, -0.05) is 48.0 Å². The Labute approximate surface area is 155 Å². The van der Waals surface area contributed by atoms with Crippen LogP contribution < -0.4 is 5.32 Å². The van der Waals surface area contributed by atoms with Crippen LogP contribution in [-0.4, -0.2) is 31.7 Å². The number of benzene rings is 2. The van der Waals surface area contributed by atoms with Gasteiger partial charge in [0.1, 0.15) is 0 Å². The molecular formula is C20H24N2O3S. The van der Waals surface area contributed by atoms with Gasteiger partial charge in [0.25, 0.3) is 0 Å². The summed E-state index contributed by atoms with van der Waals surface area (Å²) in [6.45, 7) is 3.18. The number of sulfonamides is 1. The molecular weight excluding hydrogens is 348 g/mol. The van der Waals surface area contributed by atoms with Crippen LogP contribution in [0.3, 0.4) is 0 Å². The zero-order valence-corrected chi connectivity index (χ0v) is 15.7. The minimum Gasteiger partial charge on any atom is -0.352 e. The van der Waals surface area contributed by atoms with Crippen LogP contribution in [0, 0.1) is 12.8 Å². The first-order valence-electron chi connectivity index (χ1n) is 8.85. The van der Waals surface area contributed by atoms with Gasteiger partial charge in [-0.25, -0.2) is 8.42 Å². The van der Waals surface area contributed by atoms with Crippen molar-refractivity contribution in [2.24, 2.45) is 5.92 Å². The first kappa shape index (κ1) is 18.6. The molecule has 1 aliphatic heterocycles. The number of carbonyl (C=O) groups excluding carboxylic acids is 1. The number of nitrogens with one attached hydrogen (secondary N) is 1. The second kappa shape index (κ2) is 8.01. The van der Waals surface area contributed by atoms with E-state index in [4.69, 9.17) is 0 Å². The van der Waals surface area contributed by atoms with Crippen LogP contribution >= 0.6 is 0 Å². The Morgan fingerprint density at radius 3 is 2.27 bits per heavy atom. The Hall–Kier alpha value is -2.18. The lowest BCUT2D eigenvalue weighted by Gasteiger charge is -2.30. The van der Waals surface area contributed by atoms with Gasteiger partial charge < -0.3 is 5.32 Å². The summed E-state index contributed by atoms with van der Waals surface area (Å²) in [7, 11) is -3.48. The fraction of sp³-hybridized carbons (Fsp3) is 0.350. The topological polar surface area (TPSA) is 66.5 Å². The maximum absolute atomic E-state index is 12.7. The summed E-state index contributed by atoms with van der Waals surface area (Å²) < 4.78 is 26.9. The van der Waals surface area contributed by atoms with Gasteiger partial charge in [-0.2, -0.15) is 4.31 Å². The quantitative estimate of drug-likeness (QED) is 0.878. The predicted molar refractivity (Wildman–Crippen MR) is 101 cm³/mol. The van der Waals surface area contributed by atoms with Crippen LogP contribution in [0.25, 0.3) is 0 Å². The number of carbonyl (C=O) groups is 1. The van der Waals surface area contributed by atoms with Gasteiger partial charge in [0.2, 0.25) is 15.9 Å². The number of amides is 1. The van der Waals surface area contributed by atoms with Crippen LogP contribution in [0.1, 0.15) is 24.0 Å². The molecule has 1 fully saturated rings. The van der Waals surface area contributed by atoms with Crippen molar-refractivity contribution in [1.29, 1.82) is 0 Å². The van der Waals surface area contributed by atoms with Gasteiger partial charge in [-0.15, -0.1) is 0 Å². The van der Waals surface area contributed by atoms with Crippen LogP contribution in [0.2, 0.25) is 0 Å². The maximum Gasteiger partial charge on any atom is 0.243 e.